The zero-order valence-electron chi connectivity index (χ0n) is 10.9. The second-order valence-corrected chi connectivity index (χ2v) is 4.11. The van der Waals surface area contributed by atoms with Gasteiger partial charge in [-0.1, -0.05) is 60.7 Å². The third-order valence-electron chi connectivity index (χ3n) is 2.40. The highest BCUT2D eigenvalue weighted by Gasteiger charge is 1.97. The van der Waals surface area contributed by atoms with Crippen LogP contribution in [0.25, 0.3) is 0 Å². The summed E-state index contributed by atoms with van der Waals surface area (Å²) in [6.45, 7) is 0. The van der Waals surface area contributed by atoms with Gasteiger partial charge in [0.2, 0.25) is 0 Å². The summed E-state index contributed by atoms with van der Waals surface area (Å²) < 4.78 is 0. The molecular formula is C16H16O4. The maximum atomic E-state index is 10.2. The quantitative estimate of drug-likeness (QED) is 0.897. The van der Waals surface area contributed by atoms with Crippen LogP contribution in [0.4, 0.5) is 0 Å². The van der Waals surface area contributed by atoms with Crippen LogP contribution in [0.1, 0.15) is 11.1 Å². The molecule has 0 saturated carbocycles. The molecule has 0 aliphatic carbocycles. The van der Waals surface area contributed by atoms with Crippen LogP contribution in [-0.4, -0.2) is 22.2 Å². The Morgan fingerprint density at radius 1 is 0.650 bits per heavy atom. The predicted octanol–water partition coefficient (Wildman–Crippen LogP) is 2.63. The number of benzene rings is 2. The van der Waals surface area contributed by atoms with Crippen LogP contribution < -0.4 is 0 Å². The minimum atomic E-state index is -0.786. The van der Waals surface area contributed by atoms with Crippen LogP contribution in [0.2, 0.25) is 0 Å². The zero-order chi connectivity index (χ0) is 14.8. The summed E-state index contributed by atoms with van der Waals surface area (Å²) in [7, 11) is 0. The van der Waals surface area contributed by atoms with E-state index < -0.39 is 11.9 Å². The fraction of sp³-hybridized carbons (Fsp3) is 0.125. The highest BCUT2D eigenvalue weighted by molar-refractivity contribution is 5.70. The highest BCUT2D eigenvalue weighted by Crippen LogP contribution is 1.99. The van der Waals surface area contributed by atoms with Gasteiger partial charge in [-0.2, -0.15) is 0 Å². The first kappa shape index (κ1) is 15.4. The third-order valence-corrected chi connectivity index (χ3v) is 2.40. The number of carboxylic acid groups (broad SMARTS) is 2. The fourth-order valence-electron chi connectivity index (χ4n) is 1.54. The Morgan fingerprint density at radius 3 is 1.20 bits per heavy atom. The van der Waals surface area contributed by atoms with Crippen LogP contribution in [-0.2, 0) is 22.4 Å². The minimum absolute atomic E-state index is 0.112. The Balaban J connectivity index is 0.000000200. The Bertz CT molecular complexity index is 483. The third kappa shape index (κ3) is 6.96. The molecule has 0 spiro atoms. The van der Waals surface area contributed by atoms with E-state index in [1.165, 1.54) is 0 Å². The SMILES string of the molecule is O=C(O)Cc1ccccc1.O=C(O)Cc1ccccc1. The van der Waals surface area contributed by atoms with Crippen LogP contribution in [0.15, 0.2) is 60.7 Å². The van der Waals surface area contributed by atoms with Gasteiger partial charge in [-0.3, -0.25) is 9.59 Å². The molecule has 0 fully saturated rings. The molecular weight excluding hydrogens is 256 g/mol. The summed E-state index contributed by atoms with van der Waals surface area (Å²) in [6, 6.07) is 18.3. The van der Waals surface area contributed by atoms with Crippen molar-refractivity contribution in [3.63, 3.8) is 0 Å². The summed E-state index contributed by atoms with van der Waals surface area (Å²) in [6.07, 6.45) is 0.224. The lowest BCUT2D eigenvalue weighted by atomic mass is 10.2. The van der Waals surface area contributed by atoms with E-state index in [2.05, 4.69) is 0 Å². The molecule has 0 heterocycles. The van der Waals surface area contributed by atoms with E-state index >= 15 is 0 Å². The standard InChI is InChI=1S/2C8H8O2/c2*9-8(10)6-7-4-2-1-3-5-7/h2*1-5H,6H2,(H,9,10). The summed E-state index contributed by atoms with van der Waals surface area (Å²) in [5.74, 6) is -1.57. The van der Waals surface area contributed by atoms with E-state index in [1.807, 2.05) is 36.4 Å². The van der Waals surface area contributed by atoms with Gasteiger partial charge >= 0.3 is 11.9 Å². The molecule has 0 unspecified atom stereocenters. The molecule has 2 aromatic carbocycles. The van der Waals surface area contributed by atoms with Gasteiger partial charge < -0.3 is 10.2 Å². The fourth-order valence-corrected chi connectivity index (χ4v) is 1.54. The molecule has 0 atom stereocenters. The van der Waals surface area contributed by atoms with Crippen molar-refractivity contribution in [2.45, 2.75) is 12.8 Å². The van der Waals surface area contributed by atoms with Crippen molar-refractivity contribution in [1.29, 1.82) is 0 Å². The van der Waals surface area contributed by atoms with Crippen LogP contribution in [0, 0.1) is 0 Å². The van der Waals surface area contributed by atoms with Crippen molar-refractivity contribution >= 4 is 11.9 Å². The van der Waals surface area contributed by atoms with Crippen LogP contribution in [0.3, 0.4) is 0 Å². The van der Waals surface area contributed by atoms with Gasteiger partial charge in [-0.15, -0.1) is 0 Å². The van der Waals surface area contributed by atoms with Crippen LogP contribution in [0.5, 0.6) is 0 Å². The molecule has 2 aromatic rings. The van der Waals surface area contributed by atoms with Crippen molar-refractivity contribution in [1.82, 2.24) is 0 Å². The van der Waals surface area contributed by atoms with Gasteiger partial charge in [-0.25, -0.2) is 0 Å². The van der Waals surface area contributed by atoms with Gasteiger partial charge in [0.1, 0.15) is 0 Å². The molecule has 2 N–H and O–H groups in total. The molecule has 2 rings (SSSR count). The largest absolute Gasteiger partial charge is 0.481 e. The van der Waals surface area contributed by atoms with Gasteiger partial charge in [0.25, 0.3) is 0 Å². The number of aliphatic carboxylic acids is 2. The molecule has 0 amide bonds. The zero-order valence-corrected chi connectivity index (χ0v) is 10.9. The van der Waals surface area contributed by atoms with E-state index in [4.69, 9.17) is 10.2 Å². The molecule has 0 aliphatic heterocycles. The highest BCUT2D eigenvalue weighted by atomic mass is 16.4. The number of carbonyl (C=O) groups is 2. The molecule has 0 aliphatic rings. The monoisotopic (exact) mass is 272 g/mol. The van der Waals surface area contributed by atoms with E-state index in [-0.39, 0.29) is 12.8 Å². The smallest absolute Gasteiger partial charge is 0.307 e. The van der Waals surface area contributed by atoms with E-state index in [9.17, 15) is 9.59 Å². The van der Waals surface area contributed by atoms with Crippen LogP contribution >= 0.6 is 0 Å². The minimum Gasteiger partial charge on any atom is -0.481 e. The Hall–Kier alpha value is -2.62. The molecule has 0 bridgehead atoms. The number of rotatable bonds is 4. The molecule has 0 saturated heterocycles. The van der Waals surface area contributed by atoms with Crippen molar-refractivity contribution in [2.24, 2.45) is 0 Å². The molecule has 0 aromatic heterocycles. The topological polar surface area (TPSA) is 74.6 Å². The first-order valence-corrected chi connectivity index (χ1v) is 6.09. The Labute approximate surface area is 117 Å². The van der Waals surface area contributed by atoms with Gasteiger partial charge in [-0.05, 0) is 11.1 Å². The summed E-state index contributed by atoms with van der Waals surface area (Å²) in [4.78, 5) is 20.3. The molecule has 104 valence electrons. The van der Waals surface area contributed by atoms with Gasteiger partial charge in [0, 0.05) is 0 Å². The summed E-state index contributed by atoms with van der Waals surface area (Å²) in [5, 5.41) is 16.7. The first-order valence-electron chi connectivity index (χ1n) is 6.09. The number of hydrogen-bond acceptors (Lipinski definition) is 2. The summed E-state index contributed by atoms with van der Waals surface area (Å²) in [5.41, 5.74) is 1.69. The summed E-state index contributed by atoms with van der Waals surface area (Å²) >= 11 is 0. The van der Waals surface area contributed by atoms with Crippen molar-refractivity contribution in [2.75, 3.05) is 0 Å². The molecule has 4 heteroatoms. The maximum absolute atomic E-state index is 10.2. The normalized spacial score (nSPS) is 9.20. The lowest BCUT2D eigenvalue weighted by Gasteiger charge is -1.92. The van der Waals surface area contributed by atoms with Crippen molar-refractivity contribution in [3.8, 4) is 0 Å². The Kier molecular flexibility index (Phi) is 6.54. The van der Waals surface area contributed by atoms with E-state index in [0.717, 1.165) is 11.1 Å². The molecule has 0 radical (unpaired) electrons. The molecule has 20 heavy (non-hydrogen) atoms. The van der Waals surface area contributed by atoms with Gasteiger partial charge in [0.05, 0.1) is 12.8 Å². The van der Waals surface area contributed by atoms with Crippen molar-refractivity contribution < 1.29 is 19.8 Å². The first-order chi connectivity index (χ1) is 9.58. The number of carboxylic acids is 2. The maximum Gasteiger partial charge on any atom is 0.307 e. The lowest BCUT2D eigenvalue weighted by molar-refractivity contribution is -0.137. The second-order valence-electron chi connectivity index (χ2n) is 4.11. The average molecular weight is 272 g/mol. The number of hydrogen-bond donors (Lipinski definition) is 2. The molecule has 4 nitrogen and oxygen atoms in total. The second kappa shape index (κ2) is 8.48. The van der Waals surface area contributed by atoms with E-state index in [1.54, 1.807) is 24.3 Å². The van der Waals surface area contributed by atoms with Gasteiger partial charge in [0.15, 0.2) is 0 Å². The average Bonchev–Trinajstić information content (AvgIpc) is 2.40. The lowest BCUT2D eigenvalue weighted by Crippen LogP contribution is -1.98. The predicted molar refractivity (Wildman–Crippen MR) is 75.6 cm³/mol. The Morgan fingerprint density at radius 2 is 0.950 bits per heavy atom. The van der Waals surface area contributed by atoms with E-state index in [0.29, 0.717) is 0 Å². The van der Waals surface area contributed by atoms with Crippen molar-refractivity contribution in [3.05, 3.63) is 71.8 Å².